The number of ether oxygens (including phenoxy) is 1. The van der Waals surface area contributed by atoms with Crippen molar-refractivity contribution in [2.45, 2.75) is 142 Å². The van der Waals surface area contributed by atoms with Gasteiger partial charge in [-0.3, -0.25) is 18.6 Å². The van der Waals surface area contributed by atoms with Gasteiger partial charge >= 0.3 is 13.8 Å². The van der Waals surface area contributed by atoms with Crippen molar-refractivity contribution >= 4 is 19.7 Å². The molecule has 0 aliphatic carbocycles. The number of carbonyl (C=O) groups is 2. The molecule has 9 nitrogen and oxygen atoms in total. The van der Waals surface area contributed by atoms with Gasteiger partial charge in [0, 0.05) is 19.4 Å². The third kappa shape index (κ3) is 26.6. The molecular formula is C28H56NO8P. The van der Waals surface area contributed by atoms with E-state index in [4.69, 9.17) is 13.8 Å². The molecule has 0 aromatic heterocycles. The average Bonchev–Trinajstić information content (AvgIpc) is 2.89. The number of aliphatic hydroxyl groups excluding tert-OH is 1. The second-order valence-corrected chi connectivity index (χ2v) is 11.5. The molecule has 3 N–H and O–H groups in total. The molecule has 0 bridgehead atoms. The van der Waals surface area contributed by atoms with Gasteiger partial charge in [-0.15, -0.1) is 0 Å². The maximum absolute atomic E-state index is 11.9. The minimum absolute atomic E-state index is 0.0843. The van der Waals surface area contributed by atoms with Crippen LogP contribution in [0.4, 0.5) is 0 Å². The first kappa shape index (κ1) is 37.0. The van der Waals surface area contributed by atoms with Crippen molar-refractivity contribution in [2.24, 2.45) is 0 Å². The van der Waals surface area contributed by atoms with Crippen LogP contribution in [-0.4, -0.2) is 54.3 Å². The first-order valence-corrected chi connectivity index (χ1v) is 16.5. The molecule has 10 heteroatoms. The number of amides is 1. The summed E-state index contributed by atoms with van der Waals surface area (Å²) in [4.78, 5) is 33.2. The Hall–Kier alpha value is -0.990. The number of phosphoric ester groups is 1. The number of esters is 1. The highest BCUT2D eigenvalue weighted by Gasteiger charge is 2.23. The monoisotopic (exact) mass is 565 g/mol. The Morgan fingerprint density at radius 3 is 1.71 bits per heavy atom. The van der Waals surface area contributed by atoms with E-state index in [1.807, 2.05) is 0 Å². The molecule has 1 amide bonds. The molecule has 0 rings (SSSR count). The van der Waals surface area contributed by atoms with E-state index in [0.29, 0.717) is 6.42 Å². The predicted molar refractivity (Wildman–Crippen MR) is 151 cm³/mol. The van der Waals surface area contributed by atoms with E-state index in [9.17, 15) is 24.2 Å². The topological polar surface area (TPSA) is 131 Å². The zero-order valence-corrected chi connectivity index (χ0v) is 25.0. The van der Waals surface area contributed by atoms with Crippen molar-refractivity contribution in [3.05, 3.63) is 0 Å². The number of phosphoric acid groups is 1. The first-order valence-electron chi connectivity index (χ1n) is 15.0. The normalized spacial score (nSPS) is 13.7. The van der Waals surface area contributed by atoms with E-state index in [1.54, 1.807) is 0 Å². The molecule has 0 aromatic carbocycles. The van der Waals surface area contributed by atoms with Crippen LogP contribution in [0.15, 0.2) is 0 Å². The molecule has 0 aliphatic rings. The van der Waals surface area contributed by atoms with Gasteiger partial charge in [0.25, 0.3) is 0 Å². The third-order valence-corrected chi connectivity index (χ3v) is 7.27. The fourth-order valence-electron chi connectivity index (χ4n) is 3.97. The highest BCUT2D eigenvalue weighted by Crippen LogP contribution is 2.42. The van der Waals surface area contributed by atoms with Crippen LogP contribution in [-0.2, 0) is 27.9 Å². The largest absolute Gasteiger partial charge is 0.472 e. The third-order valence-electron chi connectivity index (χ3n) is 6.29. The van der Waals surface area contributed by atoms with Crippen LogP contribution >= 0.6 is 7.82 Å². The van der Waals surface area contributed by atoms with Gasteiger partial charge in [-0.05, 0) is 12.8 Å². The maximum Gasteiger partial charge on any atom is 0.472 e. The van der Waals surface area contributed by atoms with Crippen molar-refractivity contribution in [3.8, 4) is 0 Å². The van der Waals surface area contributed by atoms with Crippen LogP contribution in [0.2, 0.25) is 0 Å². The lowest BCUT2D eigenvalue weighted by Crippen LogP contribution is -2.27. The number of rotatable bonds is 28. The maximum atomic E-state index is 11.9. The van der Waals surface area contributed by atoms with Crippen LogP contribution in [0.25, 0.3) is 0 Å². The highest BCUT2D eigenvalue weighted by atomic mass is 31.2. The minimum atomic E-state index is -4.38. The number of aliphatic hydroxyl groups is 1. The molecule has 0 heterocycles. The van der Waals surface area contributed by atoms with Gasteiger partial charge in [-0.2, -0.15) is 0 Å². The van der Waals surface area contributed by atoms with E-state index < -0.39 is 26.5 Å². The molecule has 0 aromatic rings. The summed E-state index contributed by atoms with van der Waals surface area (Å²) in [6.45, 7) is 3.43. The number of unbranched alkanes of at least 4 members (excludes halogenated alkanes) is 15. The zero-order valence-electron chi connectivity index (χ0n) is 24.1. The number of nitrogens with one attached hydrogen (secondary N) is 1. The van der Waals surface area contributed by atoms with Gasteiger partial charge in [-0.25, -0.2) is 4.57 Å². The lowest BCUT2D eigenvalue weighted by molar-refractivity contribution is -0.147. The average molecular weight is 566 g/mol. The predicted octanol–water partition coefficient (Wildman–Crippen LogP) is 6.59. The summed E-state index contributed by atoms with van der Waals surface area (Å²) in [6.07, 6.45) is 19.3. The Kier molecular flexibility index (Phi) is 25.6. The van der Waals surface area contributed by atoms with Gasteiger partial charge in [-0.1, -0.05) is 110 Å². The fourth-order valence-corrected chi connectivity index (χ4v) is 4.72. The smallest absolute Gasteiger partial charge is 0.463 e. The SMILES string of the molecule is CCCCCCCCCCCCCCC(=O)OCC(O)COP(=O)(O)OCCNC(=O)CCCCCCC. The Bertz CT molecular complexity index is 620. The molecule has 0 radical (unpaired) electrons. The summed E-state index contributed by atoms with van der Waals surface area (Å²) in [5.41, 5.74) is 0. The summed E-state index contributed by atoms with van der Waals surface area (Å²) in [6, 6.07) is 0. The van der Waals surface area contributed by atoms with Crippen LogP contribution in [0, 0.1) is 0 Å². The molecule has 38 heavy (non-hydrogen) atoms. The van der Waals surface area contributed by atoms with Crippen molar-refractivity contribution in [1.29, 1.82) is 0 Å². The second kappa shape index (κ2) is 26.2. The highest BCUT2D eigenvalue weighted by molar-refractivity contribution is 7.47. The van der Waals surface area contributed by atoms with Gasteiger partial charge in [0.15, 0.2) is 0 Å². The zero-order chi connectivity index (χ0) is 28.3. The lowest BCUT2D eigenvalue weighted by atomic mass is 10.0. The Morgan fingerprint density at radius 1 is 0.711 bits per heavy atom. The number of hydrogen-bond acceptors (Lipinski definition) is 7. The Morgan fingerprint density at radius 2 is 1.18 bits per heavy atom. The lowest BCUT2D eigenvalue weighted by Gasteiger charge is -2.15. The number of hydrogen-bond donors (Lipinski definition) is 3. The summed E-state index contributed by atoms with van der Waals surface area (Å²) in [7, 11) is -4.38. The van der Waals surface area contributed by atoms with Gasteiger partial charge in [0.05, 0.1) is 13.2 Å². The van der Waals surface area contributed by atoms with E-state index in [-0.39, 0.29) is 32.1 Å². The van der Waals surface area contributed by atoms with Gasteiger partial charge in [0.2, 0.25) is 5.91 Å². The Labute approximate surface area is 231 Å². The van der Waals surface area contributed by atoms with Crippen LogP contribution in [0.1, 0.15) is 136 Å². The summed E-state index contributed by atoms with van der Waals surface area (Å²) >= 11 is 0. The minimum Gasteiger partial charge on any atom is -0.463 e. The molecule has 0 fully saturated rings. The molecular weight excluding hydrogens is 509 g/mol. The van der Waals surface area contributed by atoms with E-state index in [0.717, 1.165) is 51.4 Å². The summed E-state index contributed by atoms with van der Waals surface area (Å²) < 4.78 is 26.5. The van der Waals surface area contributed by atoms with E-state index in [1.165, 1.54) is 57.8 Å². The molecule has 2 unspecified atom stereocenters. The molecule has 0 spiro atoms. The molecule has 0 saturated carbocycles. The fraction of sp³-hybridized carbons (Fsp3) is 0.929. The van der Waals surface area contributed by atoms with E-state index in [2.05, 4.69) is 19.2 Å². The van der Waals surface area contributed by atoms with Crippen molar-refractivity contribution in [1.82, 2.24) is 5.32 Å². The summed E-state index contributed by atoms with van der Waals surface area (Å²) in [5, 5.41) is 12.5. The van der Waals surface area contributed by atoms with Gasteiger partial charge < -0.3 is 20.1 Å². The van der Waals surface area contributed by atoms with E-state index >= 15 is 0 Å². The van der Waals surface area contributed by atoms with Crippen LogP contribution < -0.4 is 5.32 Å². The first-order chi connectivity index (χ1) is 18.3. The standard InChI is InChI=1S/C28H56NO8P/c1-3-5-7-9-10-11-12-13-14-15-17-19-21-28(32)35-24-26(30)25-37-38(33,34)36-23-22-29-27(31)20-18-16-8-6-4-2/h26,30H,3-25H2,1-2H3,(H,29,31)(H,33,34). The molecule has 226 valence electrons. The van der Waals surface area contributed by atoms with Crippen molar-refractivity contribution < 1.29 is 37.9 Å². The molecule has 0 aliphatic heterocycles. The van der Waals surface area contributed by atoms with Crippen LogP contribution in [0.5, 0.6) is 0 Å². The quantitative estimate of drug-likeness (QED) is 0.0550. The summed E-state index contributed by atoms with van der Waals surface area (Å²) in [5.74, 6) is -0.528. The van der Waals surface area contributed by atoms with Gasteiger partial charge in [0.1, 0.15) is 12.7 Å². The number of carbonyl (C=O) groups excluding carboxylic acids is 2. The van der Waals surface area contributed by atoms with Crippen molar-refractivity contribution in [2.75, 3.05) is 26.4 Å². The molecule has 2 atom stereocenters. The molecule has 0 saturated heterocycles. The second-order valence-electron chi connectivity index (χ2n) is 10.1. The van der Waals surface area contributed by atoms with Crippen LogP contribution in [0.3, 0.4) is 0 Å². The van der Waals surface area contributed by atoms with Crippen molar-refractivity contribution in [3.63, 3.8) is 0 Å². The Balaban J connectivity index is 3.65.